The number of rotatable bonds is 2. The minimum absolute atomic E-state index is 0.137. The summed E-state index contributed by atoms with van der Waals surface area (Å²) in [5.41, 5.74) is -1.12. The van der Waals surface area contributed by atoms with E-state index in [4.69, 9.17) is 5.11 Å². The van der Waals surface area contributed by atoms with Gasteiger partial charge in [0.2, 0.25) is 0 Å². The molecule has 0 radical (unpaired) electrons. The zero-order chi connectivity index (χ0) is 9.35. The van der Waals surface area contributed by atoms with Crippen LogP contribution in [0.1, 0.15) is 30.0 Å². The van der Waals surface area contributed by atoms with Crippen molar-refractivity contribution in [3.63, 3.8) is 0 Å². The lowest BCUT2D eigenvalue weighted by molar-refractivity contribution is 0.0609. The molecule has 0 fully saturated rings. The molecule has 5 nitrogen and oxygen atoms in total. The maximum Gasteiger partial charge on any atom is 0.356 e. The number of carboxylic acids is 1. The molecule has 0 aliphatic heterocycles. The molecule has 3 N–H and O–H groups in total. The molecule has 5 heteroatoms. The van der Waals surface area contributed by atoms with E-state index < -0.39 is 11.6 Å². The van der Waals surface area contributed by atoms with Gasteiger partial charge in [-0.1, -0.05) is 0 Å². The molecule has 0 unspecified atom stereocenters. The Labute approximate surface area is 69.1 Å². The molecule has 0 aromatic carbocycles. The highest BCUT2D eigenvalue weighted by atomic mass is 16.4. The first-order valence-corrected chi connectivity index (χ1v) is 3.42. The quantitative estimate of drug-likeness (QED) is 0.597. The first-order valence-electron chi connectivity index (χ1n) is 3.42. The van der Waals surface area contributed by atoms with Crippen LogP contribution in [0.3, 0.4) is 0 Å². The zero-order valence-corrected chi connectivity index (χ0v) is 6.83. The Morgan fingerprint density at radius 2 is 2.25 bits per heavy atom. The lowest BCUT2D eigenvalue weighted by Crippen LogP contribution is -2.20. The standard InChI is InChI=1S/C7H10N2O3/c1-7(2,12)5-4(6(10)11)8-3-9-5/h3,12H,1-2H3,(H,8,9)(H,10,11). The van der Waals surface area contributed by atoms with E-state index in [2.05, 4.69) is 9.97 Å². The van der Waals surface area contributed by atoms with Crippen molar-refractivity contribution in [1.29, 1.82) is 0 Å². The highest BCUT2D eigenvalue weighted by Gasteiger charge is 2.25. The third kappa shape index (κ3) is 1.45. The van der Waals surface area contributed by atoms with Crippen molar-refractivity contribution >= 4 is 5.97 Å². The summed E-state index contributed by atoms with van der Waals surface area (Å²) in [4.78, 5) is 16.7. The summed E-state index contributed by atoms with van der Waals surface area (Å²) in [6, 6.07) is 0. The Hall–Kier alpha value is -1.36. The molecular formula is C7H10N2O3. The molecular weight excluding hydrogens is 160 g/mol. The normalized spacial score (nSPS) is 11.6. The summed E-state index contributed by atoms with van der Waals surface area (Å²) in [5.74, 6) is -1.15. The van der Waals surface area contributed by atoms with Crippen molar-refractivity contribution < 1.29 is 15.0 Å². The molecule has 0 saturated carbocycles. The van der Waals surface area contributed by atoms with Crippen LogP contribution in [0, 0.1) is 0 Å². The van der Waals surface area contributed by atoms with Gasteiger partial charge in [-0.15, -0.1) is 0 Å². The lowest BCUT2D eigenvalue weighted by atomic mass is 10.0. The molecule has 12 heavy (non-hydrogen) atoms. The number of nitrogens with zero attached hydrogens (tertiary/aromatic N) is 1. The van der Waals surface area contributed by atoms with Crippen LogP contribution in [0.2, 0.25) is 0 Å². The average molecular weight is 170 g/mol. The fraction of sp³-hybridized carbons (Fsp3) is 0.429. The SMILES string of the molecule is CC(C)(O)c1[nH]cnc1C(=O)O. The third-order valence-corrected chi connectivity index (χ3v) is 1.45. The molecule has 0 amide bonds. The van der Waals surface area contributed by atoms with Crippen LogP contribution in [0.25, 0.3) is 0 Å². The van der Waals surface area contributed by atoms with E-state index in [1.807, 2.05) is 0 Å². The van der Waals surface area contributed by atoms with Crippen molar-refractivity contribution in [1.82, 2.24) is 9.97 Å². The van der Waals surface area contributed by atoms with Crippen LogP contribution in [0.15, 0.2) is 6.33 Å². The van der Waals surface area contributed by atoms with Crippen LogP contribution >= 0.6 is 0 Å². The monoisotopic (exact) mass is 170 g/mol. The number of carboxylic acid groups (broad SMARTS) is 1. The molecule has 66 valence electrons. The minimum atomic E-state index is -1.20. The Morgan fingerprint density at radius 1 is 1.67 bits per heavy atom. The summed E-state index contributed by atoms with van der Waals surface area (Å²) in [5, 5.41) is 18.1. The number of carbonyl (C=O) groups is 1. The maximum atomic E-state index is 10.5. The predicted molar refractivity (Wildman–Crippen MR) is 40.8 cm³/mol. The van der Waals surface area contributed by atoms with Gasteiger partial charge in [-0.2, -0.15) is 0 Å². The van der Waals surface area contributed by atoms with Gasteiger partial charge in [0, 0.05) is 0 Å². The van der Waals surface area contributed by atoms with Crippen molar-refractivity contribution in [3.05, 3.63) is 17.7 Å². The van der Waals surface area contributed by atoms with Gasteiger partial charge >= 0.3 is 5.97 Å². The molecule has 0 saturated heterocycles. The number of aromatic amines is 1. The Morgan fingerprint density at radius 3 is 2.58 bits per heavy atom. The second-order valence-electron chi connectivity index (χ2n) is 2.99. The molecule has 0 aliphatic rings. The van der Waals surface area contributed by atoms with Crippen LogP contribution in [-0.2, 0) is 5.60 Å². The zero-order valence-electron chi connectivity index (χ0n) is 6.83. The van der Waals surface area contributed by atoms with E-state index in [1.165, 1.54) is 20.2 Å². The molecule has 1 aromatic rings. The van der Waals surface area contributed by atoms with Gasteiger partial charge in [-0.3, -0.25) is 0 Å². The average Bonchev–Trinajstić information content (AvgIpc) is 2.30. The van der Waals surface area contributed by atoms with Crippen LogP contribution < -0.4 is 0 Å². The first-order chi connectivity index (χ1) is 5.43. The van der Waals surface area contributed by atoms with E-state index in [0.29, 0.717) is 0 Å². The molecule has 1 rings (SSSR count). The molecule has 0 atom stereocenters. The highest BCUT2D eigenvalue weighted by molar-refractivity contribution is 5.86. The number of H-pyrrole nitrogens is 1. The van der Waals surface area contributed by atoms with Gasteiger partial charge in [-0.05, 0) is 13.8 Å². The smallest absolute Gasteiger partial charge is 0.356 e. The number of aliphatic hydroxyl groups is 1. The van der Waals surface area contributed by atoms with Gasteiger partial charge in [-0.25, -0.2) is 9.78 Å². The van der Waals surface area contributed by atoms with Crippen molar-refractivity contribution in [2.45, 2.75) is 19.4 Å². The highest BCUT2D eigenvalue weighted by Crippen LogP contribution is 2.19. The van der Waals surface area contributed by atoms with Gasteiger partial charge in [0.05, 0.1) is 12.0 Å². The predicted octanol–water partition coefficient (Wildman–Crippen LogP) is 0.335. The minimum Gasteiger partial charge on any atom is -0.476 e. The number of aromatic carboxylic acids is 1. The van der Waals surface area contributed by atoms with E-state index in [0.717, 1.165) is 0 Å². The summed E-state index contributed by atoms with van der Waals surface area (Å²) in [7, 11) is 0. The van der Waals surface area contributed by atoms with E-state index in [-0.39, 0.29) is 11.4 Å². The number of aromatic nitrogens is 2. The molecule has 1 heterocycles. The Balaban J connectivity index is 3.17. The second kappa shape index (κ2) is 2.60. The largest absolute Gasteiger partial charge is 0.476 e. The Bertz CT molecular complexity index is 298. The number of hydrogen-bond donors (Lipinski definition) is 3. The van der Waals surface area contributed by atoms with Crippen molar-refractivity contribution in [2.75, 3.05) is 0 Å². The van der Waals surface area contributed by atoms with Crippen molar-refractivity contribution in [3.8, 4) is 0 Å². The van der Waals surface area contributed by atoms with Gasteiger partial charge in [0.1, 0.15) is 5.60 Å². The van der Waals surface area contributed by atoms with Crippen molar-refractivity contribution in [2.24, 2.45) is 0 Å². The molecule has 0 aliphatic carbocycles. The fourth-order valence-electron chi connectivity index (χ4n) is 0.923. The molecule has 1 aromatic heterocycles. The van der Waals surface area contributed by atoms with Crippen LogP contribution in [0.4, 0.5) is 0 Å². The Kier molecular flexibility index (Phi) is 1.89. The number of hydrogen-bond acceptors (Lipinski definition) is 3. The van der Waals surface area contributed by atoms with Gasteiger partial charge < -0.3 is 15.2 Å². The van der Waals surface area contributed by atoms with E-state index in [9.17, 15) is 9.90 Å². The second-order valence-corrected chi connectivity index (χ2v) is 2.99. The first kappa shape index (κ1) is 8.73. The summed E-state index contributed by atoms with van der Waals surface area (Å²) in [6.07, 6.45) is 1.25. The van der Waals surface area contributed by atoms with E-state index in [1.54, 1.807) is 0 Å². The number of nitrogens with one attached hydrogen (secondary N) is 1. The third-order valence-electron chi connectivity index (χ3n) is 1.45. The topological polar surface area (TPSA) is 86.2 Å². The molecule has 0 bridgehead atoms. The van der Waals surface area contributed by atoms with Gasteiger partial charge in [0.25, 0.3) is 0 Å². The molecule has 0 spiro atoms. The summed E-state index contributed by atoms with van der Waals surface area (Å²) >= 11 is 0. The maximum absolute atomic E-state index is 10.5. The summed E-state index contributed by atoms with van der Waals surface area (Å²) < 4.78 is 0. The van der Waals surface area contributed by atoms with Crippen LogP contribution in [-0.4, -0.2) is 26.2 Å². The van der Waals surface area contributed by atoms with Gasteiger partial charge in [0.15, 0.2) is 5.69 Å². The fourth-order valence-corrected chi connectivity index (χ4v) is 0.923. The lowest BCUT2D eigenvalue weighted by Gasteiger charge is -2.15. The number of imidazole rings is 1. The summed E-state index contributed by atoms with van der Waals surface area (Å²) in [6.45, 7) is 2.99. The van der Waals surface area contributed by atoms with E-state index >= 15 is 0 Å². The van der Waals surface area contributed by atoms with Crippen LogP contribution in [0.5, 0.6) is 0 Å².